The second kappa shape index (κ2) is 6.79. The fourth-order valence-electron chi connectivity index (χ4n) is 2.74. The molecule has 2 aromatic heterocycles. The fourth-order valence-corrected chi connectivity index (χ4v) is 2.74. The van der Waals surface area contributed by atoms with Crippen LogP contribution in [0.25, 0.3) is 22.4 Å². The van der Waals surface area contributed by atoms with Crippen LogP contribution in [0.2, 0.25) is 0 Å². The minimum absolute atomic E-state index is 0.176. The first kappa shape index (κ1) is 16.0. The molecular weight excluding hydrogens is 330 g/mol. The number of aromatic nitrogens is 4. The predicted octanol–water partition coefficient (Wildman–Crippen LogP) is 3.04. The Morgan fingerprint density at radius 2 is 2.04 bits per heavy atom. The topological polar surface area (TPSA) is 85.8 Å². The third-order valence-corrected chi connectivity index (χ3v) is 4.12. The predicted molar refractivity (Wildman–Crippen MR) is 96.3 cm³/mol. The summed E-state index contributed by atoms with van der Waals surface area (Å²) >= 11 is 0. The van der Waals surface area contributed by atoms with Crippen molar-refractivity contribution >= 4 is 16.9 Å². The molecule has 1 N–H and O–H groups in total. The molecule has 0 spiro atoms. The fraction of sp³-hybridized carbons (Fsp3) is 0.158. The average molecular weight is 347 g/mol. The van der Waals surface area contributed by atoms with Crippen molar-refractivity contribution in [2.24, 2.45) is 0 Å². The van der Waals surface area contributed by atoms with Crippen molar-refractivity contribution in [3.8, 4) is 11.4 Å². The summed E-state index contributed by atoms with van der Waals surface area (Å²) in [7, 11) is 0. The average Bonchev–Trinajstić information content (AvgIpc) is 3.33. The van der Waals surface area contributed by atoms with Crippen LogP contribution >= 0.6 is 0 Å². The lowest BCUT2D eigenvalue weighted by molar-refractivity contribution is 0.0946. The molecule has 0 atom stereocenters. The summed E-state index contributed by atoms with van der Waals surface area (Å²) in [6, 6.07) is 14.8. The van der Waals surface area contributed by atoms with Crippen molar-refractivity contribution in [1.29, 1.82) is 0 Å². The molecule has 4 rings (SSSR count). The lowest BCUT2D eigenvalue weighted by Crippen LogP contribution is -2.22. The Bertz CT molecular complexity index is 1050. The Morgan fingerprint density at radius 1 is 1.19 bits per heavy atom. The highest BCUT2D eigenvalue weighted by Gasteiger charge is 2.12. The number of carbonyl (C=O) groups is 1. The van der Waals surface area contributed by atoms with Crippen LogP contribution in [0.15, 0.2) is 59.4 Å². The van der Waals surface area contributed by atoms with Crippen LogP contribution in [0, 0.1) is 0 Å². The molecule has 2 aromatic carbocycles. The summed E-state index contributed by atoms with van der Waals surface area (Å²) in [4.78, 5) is 20.8. The third kappa shape index (κ3) is 3.06. The summed E-state index contributed by atoms with van der Waals surface area (Å²) in [5.74, 6) is 0.659. The number of benzene rings is 2. The van der Waals surface area contributed by atoms with E-state index in [2.05, 4.69) is 31.9 Å². The van der Waals surface area contributed by atoms with Crippen molar-refractivity contribution in [3.05, 3.63) is 66.3 Å². The maximum absolute atomic E-state index is 12.1. The number of amides is 1. The SMILES string of the molecule is CCn1cnc2ccc(-c3noc(CNC(=O)c4ccccc4)n3)cc21. The van der Waals surface area contributed by atoms with E-state index in [1.165, 1.54) is 0 Å². The van der Waals surface area contributed by atoms with Crippen LogP contribution < -0.4 is 5.32 Å². The molecule has 2 heterocycles. The molecule has 7 nitrogen and oxygen atoms in total. The van der Waals surface area contributed by atoms with E-state index in [-0.39, 0.29) is 12.5 Å². The lowest BCUT2D eigenvalue weighted by Gasteiger charge is -2.01. The van der Waals surface area contributed by atoms with E-state index in [9.17, 15) is 4.79 Å². The summed E-state index contributed by atoms with van der Waals surface area (Å²) in [5, 5.41) is 6.79. The Labute approximate surface area is 149 Å². The first-order valence-electron chi connectivity index (χ1n) is 8.35. The van der Waals surface area contributed by atoms with E-state index in [0.29, 0.717) is 17.3 Å². The van der Waals surface area contributed by atoms with E-state index < -0.39 is 0 Å². The van der Waals surface area contributed by atoms with E-state index in [1.54, 1.807) is 12.1 Å². The number of aryl methyl sites for hydroxylation is 1. The van der Waals surface area contributed by atoms with Gasteiger partial charge in [0.2, 0.25) is 11.7 Å². The van der Waals surface area contributed by atoms with Crippen molar-refractivity contribution < 1.29 is 9.32 Å². The Balaban J connectivity index is 1.50. The van der Waals surface area contributed by atoms with Crippen LogP contribution in [-0.2, 0) is 13.1 Å². The highest BCUT2D eigenvalue weighted by Crippen LogP contribution is 2.22. The van der Waals surface area contributed by atoms with Crippen molar-refractivity contribution in [2.45, 2.75) is 20.0 Å². The molecule has 1 amide bonds. The Morgan fingerprint density at radius 3 is 2.85 bits per heavy atom. The van der Waals surface area contributed by atoms with Gasteiger partial charge in [-0.1, -0.05) is 23.4 Å². The normalized spacial score (nSPS) is 11.0. The molecule has 0 bridgehead atoms. The van der Waals surface area contributed by atoms with Gasteiger partial charge < -0.3 is 14.4 Å². The zero-order valence-corrected chi connectivity index (χ0v) is 14.2. The zero-order chi connectivity index (χ0) is 17.9. The molecule has 7 heteroatoms. The molecule has 0 aliphatic heterocycles. The molecule has 0 saturated heterocycles. The number of fused-ring (bicyclic) bond motifs is 1. The standard InChI is InChI=1S/C19H17N5O2/c1-2-24-12-21-15-9-8-14(10-16(15)24)18-22-17(26-23-18)11-20-19(25)13-6-4-3-5-7-13/h3-10,12H,2,11H2,1H3,(H,20,25). The second-order valence-electron chi connectivity index (χ2n) is 5.79. The summed E-state index contributed by atoms with van der Waals surface area (Å²) in [5.41, 5.74) is 3.38. The monoisotopic (exact) mass is 347 g/mol. The van der Waals surface area contributed by atoms with Gasteiger partial charge in [0.05, 0.1) is 23.9 Å². The molecular formula is C19H17N5O2. The van der Waals surface area contributed by atoms with Crippen LogP contribution in [0.3, 0.4) is 0 Å². The first-order valence-corrected chi connectivity index (χ1v) is 8.35. The van der Waals surface area contributed by atoms with Crippen LogP contribution in [0.4, 0.5) is 0 Å². The summed E-state index contributed by atoms with van der Waals surface area (Å²) in [6.07, 6.45) is 1.81. The smallest absolute Gasteiger partial charge is 0.251 e. The van der Waals surface area contributed by atoms with Gasteiger partial charge in [-0.05, 0) is 37.3 Å². The van der Waals surface area contributed by atoms with Gasteiger partial charge in [-0.3, -0.25) is 4.79 Å². The maximum Gasteiger partial charge on any atom is 0.251 e. The highest BCUT2D eigenvalue weighted by atomic mass is 16.5. The van der Waals surface area contributed by atoms with E-state index >= 15 is 0 Å². The summed E-state index contributed by atoms with van der Waals surface area (Å²) in [6.45, 7) is 3.08. The van der Waals surface area contributed by atoms with Gasteiger partial charge in [-0.25, -0.2) is 4.98 Å². The van der Waals surface area contributed by atoms with Gasteiger partial charge >= 0.3 is 0 Å². The first-order chi connectivity index (χ1) is 12.7. The largest absolute Gasteiger partial charge is 0.343 e. The van der Waals surface area contributed by atoms with Gasteiger partial charge in [-0.2, -0.15) is 4.98 Å². The van der Waals surface area contributed by atoms with Gasteiger partial charge in [0.1, 0.15) is 0 Å². The molecule has 4 aromatic rings. The zero-order valence-electron chi connectivity index (χ0n) is 14.2. The van der Waals surface area contributed by atoms with Crippen LogP contribution in [0.5, 0.6) is 0 Å². The number of carbonyl (C=O) groups excluding carboxylic acids is 1. The van der Waals surface area contributed by atoms with Gasteiger partial charge in [0, 0.05) is 17.7 Å². The maximum atomic E-state index is 12.1. The Kier molecular flexibility index (Phi) is 4.18. The molecule has 0 unspecified atom stereocenters. The molecule has 0 aliphatic rings. The number of nitrogens with one attached hydrogen (secondary N) is 1. The van der Waals surface area contributed by atoms with Gasteiger partial charge in [0.25, 0.3) is 5.91 Å². The van der Waals surface area contributed by atoms with Crippen molar-refractivity contribution in [1.82, 2.24) is 25.0 Å². The minimum Gasteiger partial charge on any atom is -0.343 e. The molecule has 0 aliphatic carbocycles. The molecule has 26 heavy (non-hydrogen) atoms. The quantitative estimate of drug-likeness (QED) is 0.600. The van der Waals surface area contributed by atoms with E-state index in [4.69, 9.17) is 4.52 Å². The third-order valence-electron chi connectivity index (χ3n) is 4.12. The second-order valence-corrected chi connectivity index (χ2v) is 5.79. The van der Waals surface area contributed by atoms with E-state index in [1.807, 2.05) is 42.7 Å². The molecule has 0 fully saturated rings. The van der Waals surface area contributed by atoms with Gasteiger partial charge in [0.15, 0.2) is 0 Å². The minimum atomic E-state index is -0.182. The number of hydrogen-bond acceptors (Lipinski definition) is 5. The molecule has 0 saturated carbocycles. The van der Waals surface area contributed by atoms with Crippen molar-refractivity contribution in [2.75, 3.05) is 0 Å². The molecule has 0 radical (unpaired) electrons. The Hall–Kier alpha value is -3.48. The number of imidazole rings is 1. The lowest BCUT2D eigenvalue weighted by atomic mass is 10.2. The number of rotatable bonds is 5. The molecule has 130 valence electrons. The van der Waals surface area contributed by atoms with Crippen LogP contribution in [0.1, 0.15) is 23.2 Å². The number of hydrogen-bond donors (Lipinski definition) is 1. The van der Waals surface area contributed by atoms with Crippen molar-refractivity contribution in [3.63, 3.8) is 0 Å². The highest BCUT2D eigenvalue weighted by molar-refractivity contribution is 5.94. The van der Waals surface area contributed by atoms with E-state index in [0.717, 1.165) is 23.1 Å². The van der Waals surface area contributed by atoms with Crippen LogP contribution in [-0.4, -0.2) is 25.6 Å². The number of nitrogens with zero attached hydrogens (tertiary/aromatic N) is 4. The van der Waals surface area contributed by atoms with Gasteiger partial charge in [-0.15, -0.1) is 0 Å². The summed E-state index contributed by atoms with van der Waals surface area (Å²) < 4.78 is 7.31.